The SMILES string of the molecule is Cc1ccc(SCC(=O)N2CCN(c3cccc(C)c3C)CC2)c(C)c1. The Kier molecular flexibility index (Phi) is 5.92. The van der Waals surface area contributed by atoms with E-state index in [1.54, 1.807) is 11.8 Å². The summed E-state index contributed by atoms with van der Waals surface area (Å²) in [7, 11) is 0. The van der Waals surface area contributed by atoms with Crippen LogP contribution < -0.4 is 4.90 Å². The van der Waals surface area contributed by atoms with Crippen LogP contribution in [0.2, 0.25) is 0 Å². The molecule has 1 fully saturated rings. The van der Waals surface area contributed by atoms with E-state index in [0.717, 1.165) is 26.2 Å². The first-order chi connectivity index (χ1) is 12.5. The number of nitrogens with zero attached hydrogens (tertiary/aromatic N) is 2. The van der Waals surface area contributed by atoms with Gasteiger partial charge in [-0.05, 0) is 56.5 Å². The molecule has 0 saturated carbocycles. The molecule has 0 aliphatic carbocycles. The van der Waals surface area contributed by atoms with Gasteiger partial charge in [0.05, 0.1) is 5.75 Å². The number of aryl methyl sites for hydroxylation is 3. The van der Waals surface area contributed by atoms with Gasteiger partial charge in [-0.1, -0.05) is 29.8 Å². The van der Waals surface area contributed by atoms with Crippen molar-refractivity contribution >= 4 is 23.4 Å². The first-order valence-electron chi connectivity index (χ1n) is 9.24. The Bertz CT molecular complexity index is 795. The van der Waals surface area contributed by atoms with Gasteiger partial charge in [0.2, 0.25) is 5.91 Å². The molecule has 4 heteroatoms. The van der Waals surface area contributed by atoms with Crippen molar-refractivity contribution < 1.29 is 4.79 Å². The third-order valence-corrected chi connectivity index (χ3v) is 6.39. The summed E-state index contributed by atoms with van der Waals surface area (Å²) in [5.41, 5.74) is 6.49. The number of amides is 1. The van der Waals surface area contributed by atoms with Crippen LogP contribution in [0.1, 0.15) is 22.3 Å². The molecular weight excluding hydrogens is 340 g/mol. The second-order valence-electron chi connectivity index (χ2n) is 7.14. The highest BCUT2D eigenvalue weighted by molar-refractivity contribution is 8.00. The summed E-state index contributed by atoms with van der Waals surface area (Å²) < 4.78 is 0. The van der Waals surface area contributed by atoms with Crippen LogP contribution in [0.15, 0.2) is 41.3 Å². The maximum atomic E-state index is 12.6. The lowest BCUT2D eigenvalue weighted by Crippen LogP contribution is -2.49. The van der Waals surface area contributed by atoms with Crippen molar-refractivity contribution in [2.24, 2.45) is 0 Å². The Morgan fingerprint density at radius 3 is 2.38 bits per heavy atom. The predicted octanol–water partition coefficient (Wildman–Crippen LogP) is 4.36. The Labute approximate surface area is 161 Å². The van der Waals surface area contributed by atoms with Crippen molar-refractivity contribution in [3.63, 3.8) is 0 Å². The Morgan fingerprint density at radius 1 is 0.962 bits per heavy atom. The van der Waals surface area contributed by atoms with Gasteiger partial charge in [-0.2, -0.15) is 0 Å². The smallest absolute Gasteiger partial charge is 0.233 e. The van der Waals surface area contributed by atoms with Gasteiger partial charge in [0.15, 0.2) is 0 Å². The molecule has 2 aromatic rings. The Balaban J connectivity index is 1.54. The lowest BCUT2D eigenvalue weighted by molar-refractivity contribution is -0.128. The summed E-state index contributed by atoms with van der Waals surface area (Å²) >= 11 is 1.65. The molecule has 0 aromatic heterocycles. The van der Waals surface area contributed by atoms with Crippen molar-refractivity contribution in [1.29, 1.82) is 0 Å². The average molecular weight is 369 g/mol. The third kappa shape index (κ3) is 4.24. The second kappa shape index (κ2) is 8.17. The van der Waals surface area contributed by atoms with Crippen LogP contribution >= 0.6 is 11.8 Å². The van der Waals surface area contributed by atoms with Crippen LogP contribution in [-0.2, 0) is 4.79 Å². The van der Waals surface area contributed by atoms with E-state index in [4.69, 9.17) is 0 Å². The van der Waals surface area contributed by atoms with Gasteiger partial charge >= 0.3 is 0 Å². The predicted molar refractivity (Wildman–Crippen MR) is 111 cm³/mol. The van der Waals surface area contributed by atoms with Gasteiger partial charge in [-0.25, -0.2) is 0 Å². The minimum Gasteiger partial charge on any atom is -0.368 e. The van der Waals surface area contributed by atoms with Gasteiger partial charge in [0.1, 0.15) is 0 Å². The van der Waals surface area contributed by atoms with E-state index in [2.05, 4.69) is 69.0 Å². The van der Waals surface area contributed by atoms with E-state index >= 15 is 0 Å². The molecule has 0 atom stereocenters. The van der Waals surface area contributed by atoms with Gasteiger partial charge in [-0.3, -0.25) is 4.79 Å². The van der Waals surface area contributed by atoms with Gasteiger partial charge in [0.25, 0.3) is 0 Å². The van der Waals surface area contributed by atoms with E-state index < -0.39 is 0 Å². The lowest BCUT2D eigenvalue weighted by atomic mass is 10.1. The highest BCUT2D eigenvalue weighted by Crippen LogP contribution is 2.25. The highest BCUT2D eigenvalue weighted by atomic mass is 32.2. The van der Waals surface area contributed by atoms with Crippen LogP contribution in [0.4, 0.5) is 5.69 Å². The standard InChI is InChI=1S/C22H28N2OS/c1-16-8-9-21(18(3)14-16)26-15-22(25)24-12-10-23(11-13-24)20-7-5-6-17(2)19(20)4/h5-9,14H,10-13,15H2,1-4H3. The fourth-order valence-electron chi connectivity index (χ4n) is 3.47. The molecule has 1 saturated heterocycles. The molecular formula is C22H28N2OS. The Morgan fingerprint density at radius 2 is 1.69 bits per heavy atom. The molecule has 1 heterocycles. The van der Waals surface area contributed by atoms with Crippen LogP contribution in [0, 0.1) is 27.7 Å². The molecule has 3 nitrogen and oxygen atoms in total. The van der Waals surface area contributed by atoms with E-state index in [0.29, 0.717) is 5.75 Å². The van der Waals surface area contributed by atoms with Crippen molar-refractivity contribution in [1.82, 2.24) is 4.90 Å². The van der Waals surface area contributed by atoms with Crippen LogP contribution in [0.25, 0.3) is 0 Å². The molecule has 138 valence electrons. The molecule has 1 amide bonds. The summed E-state index contributed by atoms with van der Waals surface area (Å²) in [5.74, 6) is 0.767. The van der Waals surface area contributed by atoms with Crippen molar-refractivity contribution in [3.05, 3.63) is 58.7 Å². The summed E-state index contributed by atoms with van der Waals surface area (Å²) in [6, 6.07) is 12.9. The minimum atomic E-state index is 0.246. The molecule has 0 radical (unpaired) electrons. The lowest BCUT2D eigenvalue weighted by Gasteiger charge is -2.37. The van der Waals surface area contributed by atoms with E-state index in [1.807, 2.05) is 4.90 Å². The number of carbonyl (C=O) groups is 1. The van der Waals surface area contributed by atoms with E-state index in [9.17, 15) is 4.79 Å². The monoisotopic (exact) mass is 368 g/mol. The number of hydrogen-bond donors (Lipinski definition) is 0. The zero-order valence-electron chi connectivity index (χ0n) is 16.2. The Hall–Kier alpha value is -1.94. The summed E-state index contributed by atoms with van der Waals surface area (Å²) in [6.07, 6.45) is 0. The molecule has 26 heavy (non-hydrogen) atoms. The number of anilines is 1. The molecule has 0 bridgehead atoms. The molecule has 1 aliphatic heterocycles. The average Bonchev–Trinajstić information content (AvgIpc) is 2.63. The van der Waals surface area contributed by atoms with Gasteiger partial charge in [0, 0.05) is 36.8 Å². The van der Waals surface area contributed by atoms with Crippen LogP contribution in [-0.4, -0.2) is 42.7 Å². The van der Waals surface area contributed by atoms with Crippen LogP contribution in [0.3, 0.4) is 0 Å². The maximum Gasteiger partial charge on any atom is 0.233 e. The summed E-state index contributed by atoms with van der Waals surface area (Å²) in [5, 5.41) is 0. The maximum absolute atomic E-state index is 12.6. The van der Waals surface area contributed by atoms with Gasteiger partial charge in [-0.15, -0.1) is 11.8 Å². The number of hydrogen-bond acceptors (Lipinski definition) is 3. The fraction of sp³-hybridized carbons (Fsp3) is 0.409. The molecule has 1 aliphatic rings. The number of benzene rings is 2. The second-order valence-corrected chi connectivity index (χ2v) is 8.16. The minimum absolute atomic E-state index is 0.246. The third-order valence-electron chi connectivity index (χ3n) is 5.23. The fourth-order valence-corrected chi connectivity index (χ4v) is 4.38. The number of carbonyl (C=O) groups excluding carboxylic acids is 1. The number of thioether (sulfide) groups is 1. The van der Waals surface area contributed by atoms with Gasteiger partial charge < -0.3 is 9.80 Å². The van der Waals surface area contributed by atoms with Crippen LogP contribution in [0.5, 0.6) is 0 Å². The van der Waals surface area contributed by atoms with E-state index in [-0.39, 0.29) is 5.91 Å². The highest BCUT2D eigenvalue weighted by Gasteiger charge is 2.22. The zero-order chi connectivity index (χ0) is 18.7. The topological polar surface area (TPSA) is 23.6 Å². The first kappa shape index (κ1) is 18.8. The zero-order valence-corrected chi connectivity index (χ0v) is 17.0. The summed E-state index contributed by atoms with van der Waals surface area (Å²) in [4.78, 5) is 18.2. The first-order valence-corrected chi connectivity index (χ1v) is 10.2. The van der Waals surface area contributed by atoms with E-state index in [1.165, 1.54) is 32.8 Å². The molecule has 3 rings (SSSR count). The van der Waals surface area contributed by atoms with Crippen molar-refractivity contribution in [2.45, 2.75) is 32.6 Å². The quantitative estimate of drug-likeness (QED) is 0.749. The normalized spacial score (nSPS) is 14.6. The van der Waals surface area contributed by atoms with Crippen molar-refractivity contribution in [3.8, 4) is 0 Å². The summed E-state index contributed by atoms with van der Waals surface area (Å²) in [6.45, 7) is 12.0. The number of piperazine rings is 1. The number of rotatable bonds is 4. The molecule has 0 N–H and O–H groups in total. The molecule has 0 spiro atoms. The largest absolute Gasteiger partial charge is 0.368 e. The van der Waals surface area contributed by atoms with Crippen molar-refractivity contribution in [2.75, 3.05) is 36.8 Å². The molecule has 2 aromatic carbocycles. The molecule has 0 unspecified atom stereocenters.